The third-order valence-electron chi connectivity index (χ3n) is 4.40. The lowest BCUT2D eigenvalue weighted by Gasteiger charge is -2.38. The standard InChI is InChI=1S/C17H27NO2/c1-12-11-15-14(13(2)16(12)19)7-8-17(3,20-15)9-10-18(4,5)6/h11H,7-10H2,1-6H3/p+1. The van der Waals surface area contributed by atoms with Crippen molar-refractivity contribution in [3.63, 3.8) is 0 Å². The van der Waals surface area contributed by atoms with E-state index >= 15 is 0 Å². The molecule has 1 aromatic carbocycles. The van der Waals surface area contributed by atoms with Crippen LogP contribution in [0.4, 0.5) is 0 Å². The molecule has 0 radical (unpaired) electrons. The van der Waals surface area contributed by atoms with Crippen LogP contribution in [0.2, 0.25) is 0 Å². The summed E-state index contributed by atoms with van der Waals surface area (Å²) >= 11 is 0. The van der Waals surface area contributed by atoms with Gasteiger partial charge in [-0.25, -0.2) is 0 Å². The van der Waals surface area contributed by atoms with Gasteiger partial charge in [-0.2, -0.15) is 0 Å². The molecule has 3 nitrogen and oxygen atoms in total. The van der Waals surface area contributed by atoms with Crippen molar-refractivity contribution in [3.05, 3.63) is 22.8 Å². The van der Waals surface area contributed by atoms with Crippen LogP contribution in [-0.4, -0.2) is 42.9 Å². The number of aromatic hydroxyl groups is 1. The Kier molecular flexibility index (Phi) is 3.76. The van der Waals surface area contributed by atoms with E-state index in [0.29, 0.717) is 5.75 Å². The maximum absolute atomic E-state index is 10.0. The molecule has 0 amide bonds. The van der Waals surface area contributed by atoms with Gasteiger partial charge < -0.3 is 14.3 Å². The van der Waals surface area contributed by atoms with Crippen LogP contribution in [0, 0.1) is 13.8 Å². The van der Waals surface area contributed by atoms with Crippen molar-refractivity contribution >= 4 is 0 Å². The first-order valence-electron chi connectivity index (χ1n) is 7.43. The fraction of sp³-hybridized carbons (Fsp3) is 0.647. The Morgan fingerprint density at radius 3 is 2.55 bits per heavy atom. The molecule has 1 aliphatic rings. The summed E-state index contributed by atoms with van der Waals surface area (Å²) in [5, 5.41) is 10.0. The number of hydrogen-bond donors (Lipinski definition) is 1. The summed E-state index contributed by atoms with van der Waals surface area (Å²) < 4.78 is 7.27. The summed E-state index contributed by atoms with van der Waals surface area (Å²) in [6, 6.07) is 1.99. The summed E-state index contributed by atoms with van der Waals surface area (Å²) in [7, 11) is 6.64. The fourth-order valence-electron chi connectivity index (χ4n) is 2.83. The van der Waals surface area contributed by atoms with Gasteiger partial charge in [0.2, 0.25) is 0 Å². The number of fused-ring (bicyclic) bond motifs is 1. The molecule has 0 bridgehead atoms. The number of ether oxygens (including phenoxy) is 1. The summed E-state index contributed by atoms with van der Waals surface area (Å²) in [6.45, 7) is 7.23. The minimum atomic E-state index is -0.0889. The minimum Gasteiger partial charge on any atom is -0.507 e. The number of phenolic OH excluding ortho intramolecular Hbond substituents is 1. The lowest BCUT2D eigenvalue weighted by Crippen LogP contribution is -2.44. The van der Waals surface area contributed by atoms with E-state index in [1.54, 1.807) is 0 Å². The zero-order valence-electron chi connectivity index (χ0n) is 13.7. The Hall–Kier alpha value is -1.22. The van der Waals surface area contributed by atoms with E-state index in [-0.39, 0.29) is 5.60 Å². The maximum Gasteiger partial charge on any atom is 0.124 e. The monoisotopic (exact) mass is 278 g/mol. The lowest BCUT2D eigenvalue weighted by atomic mass is 9.87. The van der Waals surface area contributed by atoms with Crippen molar-refractivity contribution in [3.8, 4) is 11.5 Å². The first-order chi connectivity index (χ1) is 9.11. The van der Waals surface area contributed by atoms with E-state index in [0.717, 1.165) is 47.2 Å². The molecule has 0 spiro atoms. The quantitative estimate of drug-likeness (QED) is 0.860. The molecule has 3 heteroatoms. The molecule has 1 aromatic rings. The van der Waals surface area contributed by atoms with E-state index in [1.165, 1.54) is 5.56 Å². The molecule has 0 aliphatic carbocycles. The molecule has 1 aliphatic heterocycles. The SMILES string of the molecule is Cc1cc2c(c(C)c1O)CCC(C)(CC[N+](C)(C)C)O2. The molecule has 0 saturated carbocycles. The average molecular weight is 278 g/mol. The number of benzene rings is 1. The van der Waals surface area contributed by atoms with Gasteiger partial charge in [-0.15, -0.1) is 0 Å². The van der Waals surface area contributed by atoms with E-state index in [1.807, 2.05) is 19.9 Å². The third-order valence-corrected chi connectivity index (χ3v) is 4.40. The predicted octanol–water partition coefficient (Wildman–Crippen LogP) is 3.19. The zero-order chi connectivity index (χ0) is 15.1. The van der Waals surface area contributed by atoms with Gasteiger partial charge in [0.15, 0.2) is 0 Å². The lowest BCUT2D eigenvalue weighted by molar-refractivity contribution is -0.871. The van der Waals surface area contributed by atoms with Crippen LogP contribution in [0.25, 0.3) is 0 Å². The molecule has 1 unspecified atom stereocenters. The van der Waals surface area contributed by atoms with E-state index in [2.05, 4.69) is 28.1 Å². The van der Waals surface area contributed by atoms with Crippen molar-refractivity contribution in [2.45, 2.75) is 45.6 Å². The highest BCUT2D eigenvalue weighted by atomic mass is 16.5. The number of rotatable bonds is 3. The zero-order valence-corrected chi connectivity index (χ0v) is 13.7. The Morgan fingerprint density at radius 1 is 1.30 bits per heavy atom. The maximum atomic E-state index is 10.0. The predicted molar refractivity (Wildman–Crippen MR) is 82.5 cm³/mol. The second-order valence-electron chi connectivity index (χ2n) is 7.46. The van der Waals surface area contributed by atoms with Gasteiger partial charge >= 0.3 is 0 Å². The fourth-order valence-corrected chi connectivity index (χ4v) is 2.83. The normalized spacial score (nSPS) is 22.3. The number of quaternary nitrogens is 1. The second-order valence-corrected chi connectivity index (χ2v) is 7.46. The second kappa shape index (κ2) is 4.96. The van der Waals surface area contributed by atoms with E-state index < -0.39 is 0 Å². The van der Waals surface area contributed by atoms with Crippen molar-refractivity contribution in [1.29, 1.82) is 0 Å². The van der Waals surface area contributed by atoms with Crippen LogP contribution in [0.1, 0.15) is 36.5 Å². The largest absolute Gasteiger partial charge is 0.507 e. The Labute approximate surface area is 122 Å². The first-order valence-corrected chi connectivity index (χ1v) is 7.43. The molecule has 0 aromatic heterocycles. The van der Waals surface area contributed by atoms with Gasteiger partial charge in [-0.3, -0.25) is 0 Å². The van der Waals surface area contributed by atoms with Crippen LogP contribution in [0.3, 0.4) is 0 Å². The Morgan fingerprint density at radius 2 is 1.95 bits per heavy atom. The van der Waals surface area contributed by atoms with Gasteiger partial charge in [0.05, 0.1) is 27.7 Å². The molecule has 20 heavy (non-hydrogen) atoms. The van der Waals surface area contributed by atoms with Crippen LogP contribution in [0.5, 0.6) is 11.5 Å². The van der Waals surface area contributed by atoms with Gasteiger partial charge in [-0.05, 0) is 50.8 Å². The van der Waals surface area contributed by atoms with Crippen LogP contribution in [-0.2, 0) is 6.42 Å². The van der Waals surface area contributed by atoms with Crippen LogP contribution < -0.4 is 4.74 Å². The summed E-state index contributed by atoms with van der Waals surface area (Å²) in [4.78, 5) is 0. The molecule has 0 saturated heterocycles. The number of hydrogen-bond acceptors (Lipinski definition) is 2. The molecular formula is C17H28NO2+. The molecule has 1 N–H and O–H groups in total. The smallest absolute Gasteiger partial charge is 0.124 e. The van der Waals surface area contributed by atoms with Crippen LogP contribution in [0.15, 0.2) is 6.07 Å². The molecule has 0 fully saturated rings. The van der Waals surface area contributed by atoms with Crippen LogP contribution >= 0.6 is 0 Å². The highest BCUT2D eigenvalue weighted by Gasteiger charge is 2.34. The molecule has 112 valence electrons. The highest BCUT2D eigenvalue weighted by molar-refractivity contribution is 5.53. The van der Waals surface area contributed by atoms with E-state index in [9.17, 15) is 5.11 Å². The molecule has 1 atom stereocenters. The first kappa shape index (κ1) is 15.2. The summed E-state index contributed by atoms with van der Waals surface area (Å²) in [6.07, 6.45) is 3.06. The summed E-state index contributed by atoms with van der Waals surface area (Å²) in [5.74, 6) is 1.38. The van der Waals surface area contributed by atoms with Crippen molar-refractivity contribution < 1.29 is 14.3 Å². The molecular weight excluding hydrogens is 250 g/mol. The van der Waals surface area contributed by atoms with Crippen molar-refractivity contribution in [2.24, 2.45) is 0 Å². The van der Waals surface area contributed by atoms with E-state index in [4.69, 9.17) is 4.74 Å². The van der Waals surface area contributed by atoms with Crippen molar-refractivity contribution in [2.75, 3.05) is 27.7 Å². The Balaban J connectivity index is 2.22. The van der Waals surface area contributed by atoms with Crippen molar-refractivity contribution in [1.82, 2.24) is 0 Å². The molecule has 1 heterocycles. The number of aryl methyl sites for hydroxylation is 1. The van der Waals surface area contributed by atoms with Gasteiger partial charge in [0, 0.05) is 12.0 Å². The molecule has 2 rings (SSSR count). The average Bonchev–Trinajstić information content (AvgIpc) is 2.33. The number of nitrogens with zero attached hydrogens (tertiary/aromatic N) is 1. The van der Waals surface area contributed by atoms with Gasteiger partial charge in [0.25, 0.3) is 0 Å². The topological polar surface area (TPSA) is 29.5 Å². The Bertz CT molecular complexity index is 517. The minimum absolute atomic E-state index is 0.0889. The third kappa shape index (κ3) is 3.09. The highest BCUT2D eigenvalue weighted by Crippen LogP contribution is 2.41. The van der Waals surface area contributed by atoms with Gasteiger partial charge in [0.1, 0.15) is 17.1 Å². The number of phenols is 1. The summed E-state index contributed by atoms with van der Waals surface area (Å²) in [5.41, 5.74) is 2.97. The van der Waals surface area contributed by atoms with Gasteiger partial charge in [-0.1, -0.05) is 0 Å².